The molecule has 102 valence electrons. The lowest BCUT2D eigenvalue weighted by molar-refractivity contribution is 0.301. The fraction of sp³-hybridized carbons (Fsp3) is 0.235. The molecule has 3 heteroatoms. The Morgan fingerprint density at radius 1 is 1.10 bits per heavy atom. The summed E-state index contributed by atoms with van der Waals surface area (Å²) in [6, 6.07) is 13.7. The Morgan fingerprint density at radius 3 is 2.40 bits per heavy atom. The van der Waals surface area contributed by atoms with Crippen LogP contribution in [0, 0.1) is 25.2 Å². The minimum atomic E-state index is 0.452. The molecule has 20 heavy (non-hydrogen) atoms. The molecular weight excluding hydrogens is 250 g/mol. The van der Waals surface area contributed by atoms with Crippen LogP contribution in [0.4, 0.5) is 0 Å². The normalized spacial score (nSPS) is 9.90. The molecule has 0 aliphatic carbocycles. The predicted octanol–water partition coefficient (Wildman–Crippen LogP) is 3.76. The summed E-state index contributed by atoms with van der Waals surface area (Å²) in [5, 5.41) is 8.96. The largest absolute Gasteiger partial charge is 0.495 e. The fourth-order valence-electron chi connectivity index (χ4n) is 2.10. The number of nitriles is 1. The third-order valence-corrected chi connectivity index (χ3v) is 3.18. The van der Waals surface area contributed by atoms with E-state index in [0.29, 0.717) is 17.9 Å². The first-order chi connectivity index (χ1) is 9.65. The SMILES string of the molecule is COc1cc(COc2c(C)cccc2C)ccc1C#N. The zero-order valence-electron chi connectivity index (χ0n) is 11.9. The van der Waals surface area contributed by atoms with Crippen LogP contribution in [0.1, 0.15) is 22.3 Å². The summed E-state index contributed by atoms with van der Waals surface area (Å²) in [7, 11) is 1.56. The van der Waals surface area contributed by atoms with E-state index in [4.69, 9.17) is 14.7 Å². The smallest absolute Gasteiger partial charge is 0.137 e. The molecule has 0 radical (unpaired) electrons. The van der Waals surface area contributed by atoms with Crippen molar-refractivity contribution in [2.75, 3.05) is 7.11 Å². The van der Waals surface area contributed by atoms with Gasteiger partial charge in [-0.25, -0.2) is 0 Å². The number of para-hydroxylation sites is 1. The Balaban J connectivity index is 2.18. The van der Waals surface area contributed by atoms with Gasteiger partial charge in [-0.15, -0.1) is 0 Å². The first-order valence-corrected chi connectivity index (χ1v) is 6.41. The molecule has 0 bridgehead atoms. The number of rotatable bonds is 4. The molecule has 2 rings (SSSR count). The van der Waals surface area contributed by atoms with E-state index in [1.165, 1.54) is 0 Å². The molecular formula is C17H17NO2. The van der Waals surface area contributed by atoms with Crippen LogP contribution in [0.25, 0.3) is 0 Å². The average Bonchev–Trinajstić information content (AvgIpc) is 2.46. The Bertz CT molecular complexity index is 636. The van der Waals surface area contributed by atoms with Crippen molar-refractivity contribution < 1.29 is 9.47 Å². The molecule has 0 heterocycles. The predicted molar refractivity (Wildman–Crippen MR) is 78.0 cm³/mol. The summed E-state index contributed by atoms with van der Waals surface area (Å²) in [6.07, 6.45) is 0. The molecule has 0 atom stereocenters. The molecule has 3 nitrogen and oxygen atoms in total. The van der Waals surface area contributed by atoms with Gasteiger partial charge in [0.15, 0.2) is 0 Å². The Labute approximate surface area is 119 Å². The lowest BCUT2D eigenvalue weighted by Gasteiger charge is -2.12. The first kappa shape index (κ1) is 14.0. The van der Waals surface area contributed by atoms with E-state index < -0.39 is 0 Å². The van der Waals surface area contributed by atoms with Crippen LogP contribution in [0.5, 0.6) is 11.5 Å². The maximum atomic E-state index is 8.96. The highest BCUT2D eigenvalue weighted by Crippen LogP contribution is 2.25. The van der Waals surface area contributed by atoms with Crippen molar-refractivity contribution in [1.29, 1.82) is 5.26 Å². The quantitative estimate of drug-likeness (QED) is 0.847. The molecule has 0 saturated heterocycles. The first-order valence-electron chi connectivity index (χ1n) is 6.41. The second-order valence-electron chi connectivity index (χ2n) is 4.66. The lowest BCUT2D eigenvalue weighted by Crippen LogP contribution is -2.00. The third-order valence-electron chi connectivity index (χ3n) is 3.18. The number of aryl methyl sites for hydroxylation is 2. The van der Waals surface area contributed by atoms with Gasteiger partial charge in [-0.1, -0.05) is 24.3 Å². The molecule has 0 fully saturated rings. The van der Waals surface area contributed by atoms with Crippen molar-refractivity contribution in [3.63, 3.8) is 0 Å². The zero-order chi connectivity index (χ0) is 14.5. The van der Waals surface area contributed by atoms with Crippen LogP contribution >= 0.6 is 0 Å². The number of ether oxygens (including phenoxy) is 2. The highest BCUT2D eigenvalue weighted by molar-refractivity contribution is 5.45. The number of nitrogens with zero attached hydrogens (tertiary/aromatic N) is 1. The van der Waals surface area contributed by atoms with Crippen LogP contribution in [0.15, 0.2) is 36.4 Å². The van der Waals surface area contributed by atoms with E-state index in [1.54, 1.807) is 13.2 Å². The maximum Gasteiger partial charge on any atom is 0.137 e. The molecule has 0 N–H and O–H groups in total. The van der Waals surface area contributed by atoms with Crippen LogP contribution in [-0.2, 0) is 6.61 Å². The summed E-state index contributed by atoms with van der Waals surface area (Å²) >= 11 is 0. The van der Waals surface area contributed by atoms with Crippen LogP contribution < -0.4 is 9.47 Å². The van der Waals surface area contributed by atoms with Gasteiger partial charge in [0.1, 0.15) is 24.2 Å². The van der Waals surface area contributed by atoms with Crippen LogP contribution in [-0.4, -0.2) is 7.11 Å². The fourth-order valence-corrected chi connectivity index (χ4v) is 2.10. The van der Waals surface area contributed by atoms with Gasteiger partial charge in [0.25, 0.3) is 0 Å². The average molecular weight is 267 g/mol. The van der Waals surface area contributed by atoms with Crippen molar-refractivity contribution in [2.45, 2.75) is 20.5 Å². The molecule has 0 aromatic heterocycles. The molecule has 0 amide bonds. The molecule has 0 saturated carbocycles. The van der Waals surface area contributed by atoms with Gasteiger partial charge in [-0.3, -0.25) is 0 Å². The molecule has 0 aliphatic rings. The lowest BCUT2D eigenvalue weighted by atomic mass is 10.1. The van der Waals surface area contributed by atoms with Crippen molar-refractivity contribution in [3.8, 4) is 17.6 Å². The topological polar surface area (TPSA) is 42.2 Å². The minimum Gasteiger partial charge on any atom is -0.495 e. The molecule has 0 spiro atoms. The molecule has 2 aromatic rings. The van der Waals surface area contributed by atoms with Crippen LogP contribution in [0.3, 0.4) is 0 Å². The van der Waals surface area contributed by atoms with E-state index >= 15 is 0 Å². The highest BCUT2D eigenvalue weighted by atomic mass is 16.5. The standard InChI is InChI=1S/C17H17NO2/c1-12-5-4-6-13(2)17(12)20-11-14-7-8-15(10-18)16(9-14)19-3/h4-9H,11H2,1-3H3. The summed E-state index contributed by atoms with van der Waals surface area (Å²) in [6.45, 7) is 4.51. The van der Waals surface area contributed by atoms with Crippen molar-refractivity contribution in [2.24, 2.45) is 0 Å². The Hall–Kier alpha value is -2.47. The van der Waals surface area contributed by atoms with Crippen LogP contribution in [0.2, 0.25) is 0 Å². The Morgan fingerprint density at radius 2 is 1.80 bits per heavy atom. The second kappa shape index (κ2) is 6.12. The number of hydrogen-bond acceptors (Lipinski definition) is 3. The van der Waals surface area contributed by atoms with Gasteiger partial charge in [0.05, 0.1) is 12.7 Å². The van der Waals surface area contributed by atoms with Crippen molar-refractivity contribution >= 4 is 0 Å². The molecule has 0 unspecified atom stereocenters. The monoisotopic (exact) mass is 267 g/mol. The number of methoxy groups -OCH3 is 1. The summed E-state index contributed by atoms with van der Waals surface area (Å²) < 4.78 is 11.1. The van der Waals surface area contributed by atoms with Gasteiger partial charge in [0, 0.05) is 0 Å². The van der Waals surface area contributed by atoms with Crippen molar-refractivity contribution in [1.82, 2.24) is 0 Å². The minimum absolute atomic E-state index is 0.452. The van der Waals surface area contributed by atoms with E-state index in [0.717, 1.165) is 22.4 Å². The maximum absolute atomic E-state index is 8.96. The van der Waals surface area contributed by atoms with E-state index in [2.05, 4.69) is 6.07 Å². The third kappa shape index (κ3) is 2.92. The zero-order valence-corrected chi connectivity index (χ0v) is 11.9. The molecule has 2 aromatic carbocycles. The Kier molecular flexibility index (Phi) is 4.27. The van der Waals surface area contributed by atoms with Gasteiger partial charge in [0.2, 0.25) is 0 Å². The van der Waals surface area contributed by atoms with E-state index in [1.807, 2.05) is 44.2 Å². The van der Waals surface area contributed by atoms with Crippen molar-refractivity contribution in [3.05, 3.63) is 58.7 Å². The van der Waals surface area contributed by atoms with Gasteiger partial charge in [-0.05, 0) is 42.7 Å². The van der Waals surface area contributed by atoms with E-state index in [9.17, 15) is 0 Å². The summed E-state index contributed by atoms with van der Waals surface area (Å²) in [5.74, 6) is 1.49. The number of hydrogen-bond donors (Lipinski definition) is 0. The summed E-state index contributed by atoms with van der Waals surface area (Å²) in [4.78, 5) is 0. The summed E-state index contributed by atoms with van der Waals surface area (Å²) in [5.41, 5.74) is 3.74. The van der Waals surface area contributed by atoms with Gasteiger partial charge >= 0.3 is 0 Å². The highest BCUT2D eigenvalue weighted by Gasteiger charge is 2.06. The molecule has 0 aliphatic heterocycles. The second-order valence-corrected chi connectivity index (χ2v) is 4.66. The number of benzene rings is 2. The van der Waals surface area contributed by atoms with E-state index in [-0.39, 0.29) is 0 Å². The van der Waals surface area contributed by atoms with Gasteiger partial charge in [-0.2, -0.15) is 5.26 Å². The van der Waals surface area contributed by atoms with Gasteiger partial charge < -0.3 is 9.47 Å².